The van der Waals surface area contributed by atoms with Crippen LogP contribution in [0.1, 0.15) is 43.1 Å². The second-order valence-electron chi connectivity index (χ2n) is 10.5. The Morgan fingerprint density at radius 1 is 1.03 bits per heavy atom. The summed E-state index contributed by atoms with van der Waals surface area (Å²) in [6.07, 6.45) is 4.51. The van der Waals surface area contributed by atoms with Gasteiger partial charge in [-0.1, -0.05) is 74.3 Å². The maximum atomic E-state index is 13.1. The summed E-state index contributed by atoms with van der Waals surface area (Å²) in [6, 6.07) is 12.8. The van der Waals surface area contributed by atoms with Crippen molar-refractivity contribution < 1.29 is 14.3 Å². The summed E-state index contributed by atoms with van der Waals surface area (Å²) < 4.78 is 5.43. The Morgan fingerprint density at radius 3 is 2.38 bits per heavy atom. The van der Waals surface area contributed by atoms with Gasteiger partial charge in [0.1, 0.15) is 5.75 Å². The predicted octanol–water partition coefficient (Wildman–Crippen LogP) is 5.74. The van der Waals surface area contributed by atoms with Gasteiger partial charge in [0.15, 0.2) is 0 Å². The summed E-state index contributed by atoms with van der Waals surface area (Å²) in [7, 11) is 1.66. The first kappa shape index (κ1) is 29.0. The smallest absolute Gasteiger partial charge is 0.253 e. The second-order valence-corrected chi connectivity index (χ2v) is 11.3. The Balaban J connectivity index is 1.57. The van der Waals surface area contributed by atoms with Crippen molar-refractivity contribution in [3.05, 3.63) is 69.7 Å². The van der Waals surface area contributed by atoms with Crippen LogP contribution in [-0.4, -0.2) is 79.4 Å². The topological polar surface area (TPSA) is 53.1 Å². The van der Waals surface area contributed by atoms with E-state index in [4.69, 9.17) is 27.9 Å². The molecule has 0 spiro atoms. The van der Waals surface area contributed by atoms with Crippen molar-refractivity contribution in [2.75, 3.05) is 52.9 Å². The Labute approximate surface area is 230 Å². The normalized spacial score (nSPS) is 14.7. The summed E-state index contributed by atoms with van der Waals surface area (Å²) in [4.78, 5) is 32.1. The van der Waals surface area contributed by atoms with Gasteiger partial charge in [0.05, 0.1) is 17.2 Å². The standard InChI is InChI=1S/C29H37Cl2N3O3/c1-29(2,3)21-27(35)33(13-7-9-22-8-5-6-10-26(22)37-4)17-14-32-15-18-34(19-16-32)28(36)23-11-12-24(30)25(31)20-23/h5-12,20H,13-19,21H2,1-4H3/b9-7+. The van der Waals surface area contributed by atoms with Gasteiger partial charge in [-0.15, -0.1) is 0 Å². The molecule has 2 aromatic carbocycles. The maximum absolute atomic E-state index is 13.1. The largest absolute Gasteiger partial charge is 0.496 e. The fraction of sp³-hybridized carbons (Fsp3) is 0.448. The molecule has 2 aromatic rings. The van der Waals surface area contributed by atoms with E-state index in [1.807, 2.05) is 46.2 Å². The lowest BCUT2D eigenvalue weighted by Crippen LogP contribution is -2.50. The van der Waals surface area contributed by atoms with Gasteiger partial charge in [-0.25, -0.2) is 0 Å². The molecule has 3 rings (SSSR count). The van der Waals surface area contributed by atoms with Gasteiger partial charge in [0, 0.05) is 63.4 Å². The molecule has 0 bridgehead atoms. The third-order valence-corrected chi connectivity index (χ3v) is 7.05. The van der Waals surface area contributed by atoms with E-state index in [0.29, 0.717) is 48.2 Å². The van der Waals surface area contributed by atoms with Crippen LogP contribution in [-0.2, 0) is 4.79 Å². The summed E-state index contributed by atoms with van der Waals surface area (Å²) >= 11 is 12.1. The molecule has 1 aliphatic rings. The van der Waals surface area contributed by atoms with Gasteiger partial charge in [-0.2, -0.15) is 0 Å². The van der Waals surface area contributed by atoms with Crippen LogP contribution >= 0.6 is 23.2 Å². The highest BCUT2D eigenvalue weighted by molar-refractivity contribution is 6.42. The van der Waals surface area contributed by atoms with E-state index < -0.39 is 0 Å². The monoisotopic (exact) mass is 545 g/mol. The number of piperazine rings is 1. The van der Waals surface area contributed by atoms with E-state index in [9.17, 15) is 9.59 Å². The predicted molar refractivity (Wildman–Crippen MR) is 151 cm³/mol. The van der Waals surface area contributed by atoms with Crippen molar-refractivity contribution >= 4 is 41.1 Å². The number of nitrogens with zero attached hydrogens (tertiary/aromatic N) is 3. The molecular weight excluding hydrogens is 509 g/mol. The fourth-order valence-corrected chi connectivity index (χ4v) is 4.54. The lowest BCUT2D eigenvalue weighted by atomic mass is 9.91. The van der Waals surface area contributed by atoms with Gasteiger partial charge >= 0.3 is 0 Å². The van der Waals surface area contributed by atoms with Crippen LogP contribution in [0.25, 0.3) is 6.08 Å². The van der Waals surface area contributed by atoms with Crippen LogP contribution in [0.5, 0.6) is 5.75 Å². The summed E-state index contributed by atoms with van der Waals surface area (Å²) in [5, 5.41) is 0.817. The molecule has 1 fully saturated rings. The quantitative estimate of drug-likeness (QED) is 0.403. The number of hydrogen-bond donors (Lipinski definition) is 0. The van der Waals surface area contributed by atoms with Gasteiger partial charge < -0.3 is 14.5 Å². The van der Waals surface area contributed by atoms with Crippen LogP contribution in [0.2, 0.25) is 10.0 Å². The molecule has 0 atom stereocenters. The molecule has 200 valence electrons. The Hall–Kier alpha value is -2.54. The fourth-order valence-electron chi connectivity index (χ4n) is 4.24. The second kappa shape index (κ2) is 13.3. The summed E-state index contributed by atoms with van der Waals surface area (Å²) in [6.45, 7) is 10.9. The van der Waals surface area contributed by atoms with Gasteiger partial charge in [-0.05, 0) is 29.7 Å². The van der Waals surface area contributed by atoms with Crippen LogP contribution in [0.15, 0.2) is 48.5 Å². The minimum Gasteiger partial charge on any atom is -0.496 e. The van der Waals surface area contributed by atoms with Gasteiger partial charge in [-0.3, -0.25) is 14.5 Å². The molecule has 0 aliphatic carbocycles. The first-order chi connectivity index (χ1) is 17.6. The van der Waals surface area contributed by atoms with E-state index >= 15 is 0 Å². The van der Waals surface area contributed by atoms with E-state index in [0.717, 1.165) is 30.9 Å². The van der Waals surface area contributed by atoms with Crippen LogP contribution in [0.4, 0.5) is 0 Å². The van der Waals surface area contributed by atoms with Gasteiger partial charge in [0.2, 0.25) is 5.91 Å². The van der Waals surface area contributed by atoms with Crippen molar-refractivity contribution in [1.82, 2.24) is 14.7 Å². The number of rotatable bonds is 9. The Morgan fingerprint density at radius 2 is 1.73 bits per heavy atom. The van der Waals surface area contributed by atoms with E-state index in [1.54, 1.807) is 25.3 Å². The number of benzene rings is 2. The molecule has 8 heteroatoms. The lowest BCUT2D eigenvalue weighted by molar-refractivity contribution is -0.132. The summed E-state index contributed by atoms with van der Waals surface area (Å²) in [5.41, 5.74) is 1.44. The minimum atomic E-state index is -0.0851. The van der Waals surface area contributed by atoms with Crippen molar-refractivity contribution in [2.24, 2.45) is 5.41 Å². The van der Waals surface area contributed by atoms with Crippen molar-refractivity contribution in [2.45, 2.75) is 27.2 Å². The first-order valence-corrected chi connectivity index (χ1v) is 13.4. The third kappa shape index (κ3) is 8.77. The maximum Gasteiger partial charge on any atom is 0.253 e. The highest BCUT2D eigenvalue weighted by Gasteiger charge is 2.25. The molecule has 6 nitrogen and oxygen atoms in total. The molecule has 37 heavy (non-hydrogen) atoms. The number of halogens is 2. The Kier molecular flexibility index (Phi) is 10.4. The average Bonchev–Trinajstić information content (AvgIpc) is 2.86. The van der Waals surface area contributed by atoms with Crippen LogP contribution in [0.3, 0.4) is 0 Å². The van der Waals surface area contributed by atoms with Crippen molar-refractivity contribution in [1.29, 1.82) is 0 Å². The molecule has 1 aliphatic heterocycles. The van der Waals surface area contributed by atoms with Crippen molar-refractivity contribution in [3.8, 4) is 5.75 Å². The molecule has 1 saturated heterocycles. The van der Waals surface area contributed by atoms with E-state index in [2.05, 4.69) is 25.7 Å². The Bertz CT molecular complexity index is 1110. The third-order valence-electron chi connectivity index (χ3n) is 6.31. The number of carbonyl (C=O) groups excluding carboxylic acids is 2. The van der Waals surface area contributed by atoms with Crippen molar-refractivity contribution in [3.63, 3.8) is 0 Å². The number of methoxy groups -OCH3 is 1. The first-order valence-electron chi connectivity index (χ1n) is 12.6. The molecule has 0 unspecified atom stereocenters. The minimum absolute atomic E-state index is 0.0401. The molecule has 2 amide bonds. The van der Waals surface area contributed by atoms with Crippen LogP contribution in [0, 0.1) is 5.41 Å². The van der Waals surface area contributed by atoms with Crippen LogP contribution < -0.4 is 4.74 Å². The number of hydrogen-bond acceptors (Lipinski definition) is 4. The highest BCUT2D eigenvalue weighted by Crippen LogP contribution is 2.24. The number of carbonyl (C=O) groups is 2. The highest BCUT2D eigenvalue weighted by atomic mass is 35.5. The molecule has 0 N–H and O–H groups in total. The molecular formula is C29H37Cl2N3O3. The zero-order chi connectivity index (χ0) is 27.0. The number of amides is 2. The molecule has 1 heterocycles. The van der Waals surface area contributed by atoms with E-state index in [1.165, 1.54) is 0 Å². The molecule has 0 radical (unpaired) electrons. The molecule has 0 saturated carbocycles. The van der Waals surface area contributed by atoms with E-state index in [-0.39, 0.29) is 17.2 Å². The lowest BCUT2D eigenvalue weighted by Gasteiger charge is -2.36. The SMILES string of the molecule is COc1ccccc1/C=C/CN(CCN1CCN(C(=O)c2ccc(Cl)c(Cl)c2)CC1)C(=O)CC(C)(C)C. The zero-order valence-corrected chi connectivity index (χ0v) is 23.7. The zero-order valence-electron chi connectivity index (χ0n) is 22.2. The average molecular weight is 547 g/mol. The number of para-hydroxylation sites is 1. The molecule has 0 aromatic heterocycles. The number of ether oxygens (including phenoxy) is 1. The van der Waals surface area contributed by atoms with Gasteiger partial charge in [0.25, 0.3) is 5.91 Å². The summed E-state index contributed by atoms with van der Waals surface area (Å²) in [5.74, 6) is 0.909.